The maximum atomic E-state index is 12.4. The summed E-state index contributed by atoms with van der Waals surface area (Å²) in [6.07, 6.45) is -3.09. The van der Waals surface area contributed by atoms with Gasteiger partial charge in [-0.3, -0.25) is 4.79 Å². The molecule has 25 heavy (non-hydrogen) atoms. The second-order valence-electron chi connectivity index (χ2n) is 5.33. The van der Waals surface area contributed by atoms with Crippen LogP contribution in [0.5, 0.6) is 11.5 Å². The highest BCUT2D eigenvalue weighted by atomic mass is 19.4. The predicted molar refractivity (Wildman–Crippen MR) is 84.9 cm³/mol. The molecule has 2 aromatic carbocycles. The summed E-state index contributed by atoms with van der Waals surface area (Å²) < 4.78 is 46.7. The van der Waals surface area contributed by atoms with Gasteiger partial charge in [0.1, 0.15) is 18.1 Å². The molecule has 0 aliphatic carbocycles. The van der Waals surface area contributed by atoms with Gasteiger partial charge < -0.3 is 14.8 Å². The third kappa shape index (κ3) is 4.32. The Bertz CT molecular complexity index is 815. The number of hydrogen-bond acceptors (Lipinski definition) is 3. The lowest BCUT2D eigenvalue weighted by Crippen LogP contribution is -2.28. The Morgan fingerprint density at radius 1 is 1.12 bits per heavy atom. The van der Waals surface area contributed by atoms with E-state index in [1.165, 1.54) is 18.2 Å². The van der Waals surface area contributed by atoms with Crippen molar-refractivity contribution in [3.63, 3.8) is 0 Å². The van der Waals surface area contributed by atoms with Gasteiger partial charge in [-0.15, -0.1) is 13.2 Å². The third-order valence-corrected chi connectivity index (χ3v) is 3.56. The molecule has 0 unspecified atom stereocenters. The largest absolute Gasteiger partial charge is 0.573 e. The first kappa shape index (κ1) is 16.9. The molecule has 130 valence electrons. The van der Waals surface area contributed by atoms with Crippen molar-refractivity contribution in [2.75, 3.05) is 6.61 Å². The van der Waals surface area contributed by atoms with E-state index >= 15 is 0 Å². The lowest BCUT2D eigenvalue weighted by atomic mass is 10.1. The van der Waals surface area contributed by atoms with Gasteiger partial charge in [0.25, 0.3) is 5.91 Å². The molecule has 0 aromatic heterocycles. The van der Waals surface area contributed by atoms with E-state index in [2.05, 4.69) is 10.1 Å². The Labute approximate surface area is 141 Å². The second kappa shape index (κ2) is 6.88. The fourth-order valence-electron chi connectivity index (χ4n) is 2.41. The molecular weight excluding hydrogens is 335 g/mol. The van der Waals surface area contributed by atoms with Crippen LogP contribution in [0.2, 0.25) is 0 Å². The first-order valence-electron chi connectivity index (χ1n) is 7.46. The summed E-state index contributed by atoms with van der Waals surface area (Å²) in [6.45, 7) is 0.00756. The number of halogens is 3. The zero-order chi connectivity index (χ0) is 17.9. The Kier molecular flexibility index (Phi) is 4.65. The van der Waals surface area contributed by atoms with Crippen molar-refractivity contribution in [2.24, 2.45) is 0 Å². The van der Waals surface area contributed by atoms with Gasteiger partial charge in [0.05, 0.1) is 5.57 Å². The average Bonchev–Trinajstić information content (AvgIpc) is 2.59. The number of carbonyl (C=O) groups excluding carboxylic acids is 1. The summed E-state index contributed by atoms with van der Waals surface area (Å²) in [4.78, 5) is 12.3. The van der Waals surface area contributed by atoms with E-state index in [9.17, 15) is 18.0 Å². The molecule has 3 rings (SSSR count). The maximum Gasteiger partial charge on any atom is 0.573 e. The first-order valence-corrected chi connectivity index (χ1v) is 7.46. The average molecular weight is 349 g/mol. The number of rotatable bonds is 4. The van der Waals surface area contributed by atoms with Crippen molar-refractivity contribution in [2.45, 2.75) is 12.9 Å². The molecule has 4 nitrogen and oxygen atoms in total. The van der Waals surface area contributed by atoms with E-state index in [0.717, 1.165) is 5.56 Å². The second-order valence-corrected chi connectivity index (χ2v) is 5.33. The van der Waals surface area contributed by atoms with Crippen LogP contribution in [0, 0.1) is 0 Å². The number of hydrogen-bond donors (Lipinski definition) is 1. The van der Waals surface area contributed by atoms with Crippen LogP contribution in [0.25, 0.3) is 6.08 Å². The summed E-state index contributed by atoms with van der Waals surface area (Å²) >= 11 is 0. The Balaban J connectivity index is 1.69. The summed E-state index contributed by atoms with van der Waals surface area (Å²) in [6, 6.07) is 12.9. The lowest BCUT2D eigenvalue weighted by molar-refractivity contribution is -0.274. The van der Waals surface area contributed by atoms with Crippen molar-refractivity contribution in [1.82, 2.24) is 5.32 Å². The van der Waals surface area contributed by atoms with Gasteiger partial charge in [0.15, 0.2) is 0 Å². The molecule has 0 spiro atoms. The molecule has 1 aliphatic heterocycles. The van der Waals surface area contributed by atoms with Gasteiger partial charge in [-0.25, -0.2) is 0 Å². The number of amides is 1. The standard InChI is InChI=1S/C18H14F3NO3/c19-18(20,21)25-16-8-4-2-6-13(16)10-22-17(23)14-9-12-5-1-3-7-15(12)24-11-14/h1-9H,10-11H2,(H,22,23). The van der Waals surface area contributed by atoms with E-state index in [0.29, 0.717) is 11.3 Å². The molecule has 0 fully saturated rings. The number of alkyl halides is 3. The van der Waals surface area contributed by atoms with Gasteiger partial charge in [-0.1, -0.05) is 36.4 Å². The molecule has 1 aliphatic rings. The van der Waals surface area contributed by atoms with E-state index in [4.69, 9.17) is 4.74 Å². The monoisotopic (exact) mass is 349 g/mol. The van der Waals surface area contributed by atoms with Crippen molar-refractivity contribution in [1.29, 1.82) is 0 Å². The molecule has 0 saturated carbocycles. The number of ether oxygens (including phenoxy) is 2. The number of para-hydroxylation sites is 2. The summed E-state index contributed by atoms with van der Waals surface area (Å²) in [7, 11) is 0. The normalized spacial score (nSPS) is 13.3. The van der Waals surface area contributed by atoms with E-state index in [1.807, 2.05) is 18.2 Å². The predicted octanol–water partition coefficient (Wildman–Crippen LogP) is 3.68. The van der Waals surface area contributed by atoms with Gasteiger partial charge in [-0.05, 0) is 18.2 Å². The van der Waals surface area contributed by atoms with Gasteiger partial charge in [0, 0.05) is 17.7 Å². The van der Waals surface area contributed by atoms with Gasteiger partial charge >= 0.3 is 6.36 Å². The highest BCUT2D eigenvalue weighted by Gasteiger charge is 2.32. The molecular formula is C18H14F3NO3. The van der Waals surface area contributed by atoms with Crippen LogP contribution in [0.1, 0.15) is 11.1 Å². The van der Waals surface area contributed by atoms with Crippen LogP contribution in [0.15, 0.2) is 54.1 Å². The minimum absolute atomic E-state index is 0.0932. The zero-order valence-electron chi connectivity index (χ0n) is 13.0. The highest BCUT2D eigenvalue weighted by molar-refractivity contribution is 5.99. The quantitative estimate of drug-likeness (QED) is 0.916. The first-order chi connectivity index (χ1) is 11.9. The van der Waals surface area contributed by atoms with Crippen LogP contribution < -0.4 is 14.8 Å². The Hall–Kier alpha value is -2.96. The Morgan fingerprint density at radius 2 is 1.84 bits per heavy atom. The Morgan fingerprint density at radius 3 is 2.64 bits per heavy atom. The zero-order valence-corrected chi connectivity index (χ0v) is 13.0. The van der Waals surface area contributed by atoms with Crippen LogP contribution in [-0.2, 0) is 11.3 Å². The van der Waals surface area contributed by atoms with Crippen molar-refractivity contribution in [3.8, 4) is 11.5 Å². The van der Waals surface area contributed by atoms with Crippen LogP contribution >= 0.6 is 0 Å². The SMILES string of the molecule is O=C(NCc1ccccc1OC(F)(F)F)C1=Cc2ccccc2OC1. The van der Waals surface area contributed by atoms with Crippen molar-refractivity contribution >= 4 is 12.0 Å². The fraction of sp³-hybridized carbons (Fsp3) is 0.167. The van der Waals surface area contributed by atoms with E-state index in [-0.39, 0.29) is 24.5 Å². The molecule has 1 heterocycles. The van der Waals surface area contributed by atoms with E-state index < -0.39 is 12.3 Å². The fourth-order valence-corrected chi connectivity index (χ4v) is 2.41. The molecule has 7 heteroatoms. The van der Waals surface area contributed by atoms with Gasteiger partial charge in [0.2, 0.25) is 0 Å². The van der Waals surface area contributed by atoms with Crippen molar-refractivity contribution in [3.05, 3.63) is 65.2 Å². The molecule has 0 atom stereocenters. The molecule has 2 aromatic rings. The molecule has 1 amide bonds. The van der Waals surface area contributed by atoms with Crippen molar-refractivity contribution < 1.29 is 27.4 Å². The topological polar surface area (TPSA) is 47.6 Å². The number of carbonyl (C=O) groups is 1. The maximum absolute atomic E-state index is 12.4. The number of nitrogens with one attached hydrogen (secondary N) is 1. The van der Waals surface area contributed by atoms with Gasteiger partial charge in [-0.2, -0.15) is 0 Å². The highest BCUT2D eigenvalue weighted by Crippen LogP contribution is 2.27. The van der Waals surface area contributed by atoms with Crippen LogP contribution in [-0.4, -0.2) is 18.9 Å². The smallest absolute Gasteiger partial charge is 0.488 e. The summed E-state index contributed by atoms with van der Waals surface area (Å²) in [5.74, 6) is -0.0613. The minimum atomic E-state index is -4.79. The van der Waals surface area contributed by atoms with Crippen LogP contribution in [0.4, 0.5) is 13.2 Å². The molecule has 0 bridgehead atoms. The minimum Gasteiger partial charge on any atom is -0.488 e. The third-order valence-electron chi connectivity index (χ3n) is 3.56. The number of fused-ring (bicyclic) bond motifs is 1. The molecule has 0 saturated heterocycles. The van der Waals surface area contributed by atoms with E-state index in [1.54, 1.807) is 18.2 Å². The summed E-state index contributed by atoms with van der Waals surface area (Å²) in [5, 5.41) is 2.59. The molecule has 0 radical (unpaired) electrons. The summed E-state index contributed by atoms with van der Waals surface area (Å²) in [5.41, 5.74) is 1.40. The van der Waals surface area contributed by atoms with Crippen LogP contribution in [0.3, 0.4) is 0 Å². The molecule has 1 N–H and O–H groups in total. The lowest BCUT2D eigenvalue weighted by Gasteiger charge is -2.18. The number of benzene rings is 2.